The standard InChI is InChI=1S/C14H17BN2O3/c1-13(2)14(3,4)20-15(19-13)10-5-6-11-9(7-10)8-16-17-12(11)18/h5-8H,1-4H3,(H,17,18). The minimum Gasteiger partial charge on any atom is -0.399 e. The van der Waals surface area contributed by atoms with Gasteiger partial charge in [0.15, 0.2) is 0 Å². The van der Waals surface area contributed by atoms with Gasteiger partial charge in [-0.1, -0.05) is 12.1 Å². The Bertz CT molecular complexity index is 708. The minimum absolute atomic E-state index is 0.192. The molecule has 3 rings (SSSR count). The van der Waals surface area contributed by atoms with E-state index in [-0.39, 0.29) is 16.8 Å². The highest BCUT2D eigenvalue weighted by Gasteiger charge is 2.51. The summed E-state index contributed by atoms with van der Waals surface area (Å²) in [7, 11) is -0.427. The van der Waals surface area contributed by atoms with Crippen LogP contribution in [-0.4, -0.2) is 28.5 Å². The van der Waals surface area contributed by atoms with Crippen LogP contribution in [0.5, 0.6) is 0 Å². The molecule has 1 N–H and O–H groups in total. The summed E-state index contributed by atoms with van der Waals surface area (Å²) in [5.74, 6) is 0. The third-order valence-electron chi connectivity index (χ3n) is 4.22. The third kappa shape index (κ3) is 1.96. The summed E-state index contributed by atoms with van der Waals surface area (Å²) in [6.45, 7) is 8.06. The Labute approximate surface area is 117 Å². The molecule has 20 heavy (non-hydrogen) atoms. The van der Waals surface area contributed by atoms with Crippen molar-refractivity contribution in [2.24, 2.45) is 0 Å². The molecule has 1 aliphatic heterocycles. The fourth-order valence-corrected chi connectivity index (χ4v) is 2.24. The zero-order valence-corrected chi connectivity index (χ0v) is 12.1. The van der Waals surface area contributed by atoms with Gasteiger partial charge < -0.3 is 9.31 Å². The van der Waals surface area contributed by atoms with E-state index < -0.39 is 7.12 Å². The van der Waals surface area contributed by atoms with E-state index in [1.165, 1.54) is 0 Å². The molecule has 0 spiro atoms. The van der Waals surface area contributed by atoms with Crippen molar-refractivity contribution in [3.8, 4) is 0 Å². The highest BCUT2D eigenvalue weighted by atomic mass is 16.7. The van der Waals surface area contributed by atoms with Crippen molar-refractivity contribution in [2.45, 2.75) is 38.9 Å². The fraction of sp³-hybridized carbons (Fsp3) is 0.429. The predicted molar refractivity (Wildman–Crippen MR) is 78.1 cm³/mol. The van der Waals surface area contributed by atoms with Crippen molar-refractivity contribution in [3.63, 3.8) is 0 Å². The Hall–Kier alpha value is -1.66. The molecule has 2 aromatic rings. The molecule has 104 valence electrons. The van der Waals surface area contributed by atoms with E-state index >= 15 is 0 Å². The number of aromatic nitrogens is 2. The lowest BCUT2D eigenvalue weighted by Gasteiger charge is -2.32. The molecule has 5 nitrogen and oxygen atoms in total. The van der Waals surface area contributed by atoms with Gasteiger partial charge in [0.05, 0.1) is 17.4 Å². The van der Waals surface area contributed by atoms with Gasteiger partial charge in [-0.05, 0) is 39.2 Å². The normalized spacial score (nSPS) is 20.5. The average molecular weight is 272 g/mol. The second-order valence-corrected chi connectivity index (χ2v) is 6.13. The maximum atomic E-state index is 11.6. The zero-order chi connectivity index (χ0) is 14.5. The summed E-state index contributed by atoms with van der Waals surface area (Å²) >= 11 is 0. The first kappa shape index (κ1) is 13.3. The Morgan fingerprint density at radius 2 is 1.80 bits per heavy atom. The van der Waals surface area contributed by atoms with E-state index in [2.05, 4.69) is 10.2 Å². The van der Waals surface area contributed by atoms with Gasteiger partial charge in [0, 0.05) is 10.8 Å². The van der Waals surface area contributed by atoms with Crippen LogP contribution in [0.2, 0.25) is 0 Å². The van der Waals surface area contributed by atoms with Crippen LogP contribution in [0.15, 0.2) is 29.2 Å². The third-order valence-corrected chi connectivity index (χ3v) is 4.22. The molecular weight excluding hydrogens is 255 g/mol. The van der Waals surface area contributed by atoms with E-state index in [1.807, 2.05) is 39.8 Å². The van der Waals surface area contributed by atoms with Gasteiger partial charge in [-0.25, -0.2) is 5.10 Å². The van der Waals surface area contributed by atoms with Crippen LogP contribution in [0.4, 0.5) is 0 Å². The number of rotatable bonds is 1. The molecule has 2 heterocycles. The quantitative estimate of drug-likeness (QED) is 0.793. The lowest BCUT2D eigenvalue weighted by Crippen LogP contribution is -2.41. The first-order valence-electron chi connectivity index (χ1n) is 6.63. The first-order valence-corrected chi connectivity index (χ1v) is 6.63. The largest absolute Gasteiger partial charge is 0.494 e. The molecule has 0 radical (unpaired) electrons. The number of nitrogens with zero attached hydrogens (tertiary/aromatic N) is 1. The maximum absolute atomic E-state index is 11.6. The molecule has 1 fully saturated rings. The van der Waals surface area contributed by atoms with E-state index in [4.69, 9.17) is 9.31 Å². The maximum Gasteiger partial charge on any atom is 0.494 e. The molecule has 0 bridgehead atoms. The van der Waals surface area contributed by atoms with Crippen LogP contribution in [0.25, 0.3) is 10.8 Å². The van der Waals surface area contributed by atoms with Crippen LogP contribution < -0.4 is 11.0 Å². The summed E-state index contributed by atoms with van der Waals surface area (Å²) in [6, 6.07) is 5.52. The highest BCUT2D eigenvalue weighted by molar-refractivity contribution is 6.62. The topological polar surface area (TPSA) is 64.2 Å². The van der Waals surface area contributed by atoms with Gasteiger partial charge in [-0.2, -0.15) is 5.10 Å². The molecule has 0 aliphatic carbocycles. The van der Waals surface area contributed by atoms with Gasteiger partial charge in [-0.15, -0.1) is 0 Å². The van der Waals surface area contributed by atoms with Crippen molar-refractivity contribution < 1.29 is 9.31 Å². The lowest BCUT2D eigenvalue weighted by atomic mass is 9.78. The SMILES string of the molecule is CC1(C)OB(c2ccc3c(=O)[nH]ncc3c2)OC1(C)C. The monoisotopic (exact) mass is 272 g/mol. The van der Waals surface area contributed by atoms with Gasteiger partial charge in [0.25, 0.3) is 5.56 Å². The number of hydrogen-bond donors (Lipinski definition) is 1. The smallest absolute Gasteiger partial charge is 0.399 e. The number of aromatic amines is 1. The molecule has 0 unspecified atom stereocenters. The molecular formula is C14H17BN2O3. The molecule has 0 amide bonds. The Balaban J connectivity index is 2.03. The second-order valence-electron chi connectivity index (χ2n) is 6.13. The first-order chi connectivity index (χ1) is 9.30. The number of hydrogen-bond acceptors (Lipinski definition) is 4. The van der Waals surface area contributed by atoms with Crippen LogP contribution in [0.1, 0.15) is 27.7 Å². The van der Waals surface area contributed by atoms with E-state index in [9.17, 15) is 4.79 Å². The predicted octanol–water partition coefficient (Wildman–Crippen LogP) is 1.22. The highest BCUT2D eigenvalue weighted by Crippen LogP contribution is 2.36. The summed E-state index contributed by atoms with van der Waals surface area (Å²) in [4.78, 5) is 11.6. The summed E-state index contributed by atoms with van der Waals surface area (Å²) < 4.78 is 12.0. The van der Waals surface area contributed by atoms with Crippen LogP contribution in [0, 0.1) is 0 Å². The van der Waals surface area contributed by atoms with Crippen LogP contribution in [-0.2, 0) is 9.31 Å². The van der Waals surface area contributed by atoms with E-state index in [0.29, 0.717) is 5.39 Å². The van der Waals surface area contributed by atoms with Gasteiger partial charge in [-0.3, -0.25) is 4.79 Å². The minimum atomic E-state index is -0.427. The molecule has 0 saturated carbocycles. The molecule has 0 atom stereocenters. The van der Waals surface area contributed by atoms with Gasteiger partial charge in [0.1, 0.15) is 0 Å². The number of benzene rings is 1. The van der Waals surface area contributed by atoms with Crippen molar-refractivity contribution in [2.75, 3.05) is 0 Å². The fourth-order valence-electron chi connectivity index (χ4n) is 2.24. The van der Waals surface area contributed by atoms with Crippen molar-refractivity contribution in [3.05, 3.63) is 34.7 Å². The van der Waals surface area contributed by atoms with Gasteiger partial charge in [0.2, 0.25) is 0 Å². The molecule has 1 saturated heterocycles. The average Bonchev–Trinajstić information content (AvgIpc) is 2.58. The number of nitrogens with one attached hydrogen (secondary N) is 1. The van der Waals surface area contributed by atoms with Crippen molar-refractivity contribution in [1.82, 2.24) is 10.2 Å². The molecule has 1 aromatic heterocycles. The second kappa shape index (κ2) is 4.17. The molecule has 1 aromatic carbocycles. The van der Waals surface area contributed by atoms with Crippen LogP contribution >= 0.6 is 0 Å². The van der Waals surface area contributed by atoms with E-state index in [1.54, 1.807) is 12.3 Å². The van der Waals surface area contributed by atoms with Crippen molar-refractivity contribution >= 4 is 23.4 Å². The Morgan fingerprint density at radius 1 is 1.15 bits per heavy atom. The lowest BCUT2D eigenvalue weighted by molar-refractivity contribution is 0.00578. The molecule has 6 heteroatoms. The number of fused-ring (bicyclic) bond motifs is 1. The Morgan fingerprint density at radius 3 is 2.45 bits per heavy atom. The van der Waals surface area contributed by atoms with Crippen molar-refractivity contribution in [1.29, 1.82) is 0 Å². The zero-order valence-electron chi connectivity index (χ0n) is 12.1. The van der Waals surface area contributed by atoms with Crippen LogP contribution in [0.3, 0.4) is 0 Å². The van der Waals surface area contributed by atoms with E-state index in [0.717, 1.165) is 10.8 Å². The summed E-state index contributed by atoms with van der Waals surface area (Å²) in [5, 5.41) is 7.63. The summed E-state index contributed by atoms with van der Waals surface area (Å²) in [5.41, 5.74) is -0.0514. The summed E-state index contributed by atoms with van der Waals surface area (Å²) in [6.07, 6.45) is 1.63. The Kier molecular flexibility index (Phi) is 2.78. The molecule has 1 aliphatic rings. The van der Waals surface area contributed by atoms with Gasteiger partial charge >= 0.3 is 7.12 Å². The number of H-pyrrole nitrogens is 1.